The van der Waals surface area contributed by atoms with Crippen LogP contribution in [-0.2, 0) is 27.8 Å². The third-order valence-electron chi connectivity index (χ3n) is 10.9. The summed E-state index contributed by atoms with van der Waals surface area (Å²) in [6, 6.07) is 14.3. The molecule has 2 saturated carbocycles. The summed E-state index contributed by atoms with van der Waals surface area (Å²) >= 11 is 0. The van der Waals surface area contributed by atoms with E-state index in [4.69, 9.17) is 9.47 Å². The number of aromatic hydroxyl groups is 1. The van der Waals surface area contributed by atoms with Crippen LogP contribution in [0.25, 0.3) is 0 Å². The molecule has 2 aliphatic heterocycles. The number of hydrogen-bond acceptors (Lipinski definition) is 5. The van der Waals surface area contributed by atoms with Crippen LogP contribution in [-0.4, -0.2) is 59.9 Å². The van der Waals surface area contributed by atoms with E-state index in [1.165, 1.54) is 29.5 Å². The van der Waals surface area contributed by atoms with Crippen LogP contribution < -0.4 is 10.1 Å². The Hall–Kier alpha value is -2.83. The zero-order chi connectivity index (χ0) is 25.7. The molecule has 38 heavy (non-hydrogen) atoms. The Morgan fingerprint density at radius 2 is 2.03 bits per heavy atom. The van der Waals surface area contributed by atoms with Crippen molar-refractivity contribution in [1.29, 1.82) is 0 Å². The lowest BCUT2D eigenvalue weighted by Crippen LogP contribution is -2.82. The van der Waals surface area contributed by atoms with Crippen LogP contribution in [0.5, 0.6) is 11.5 Å². The number of fused-ring (bicyclic) bond motifs is 1. The third kappa shape index (κ3) is 2.83. The number of methoxy groups -OCH3 is 1. The summed E-state index contributed by atoms with van der Waals surface area (Å²) in [5, 5.41) is 14.4. The van der Waals surface area contributed by atoms with E-state index in [2.05, 4.69) is 40.6 Å². The van der Waals surface area contributed by atoms with Crippen LogP contribution in [0.3, 0.4) is 0 Å². The average molecular weight is 513 g/mol. The monoisotopic (exact) mass is 512 g/mol. The molecule has 9 rings (SSSR count). The van der Waals surface area contributed by atoms with Gasteiger partial charge in [0.15, 0.2) is 11.5 Å². The van der Waals surface area contributed by atoms with Gasteiger partial charge in [-0.15, -0.1) is 0 Å². The molecule has 6 heteroatoms. The smallest absolute Gasteiger partial charge is 0.220 e. The van der Waals surface area contributed by atoms with Crippen molar-refractivity contribution in [3.05, 3.63) is 71.3 Å². The number of nitrogens with zero attached hydrogens (tertiary/aromatic N) is 1. The number of aryl methyl sites for hydroxylation is 1. The SMILES string of the molecule is CO[C@]12C=C[C@@]3(CC1NC(=O)CCc1ccccc1)[C@H]1Cc4ccc(O)c5c4[C@@]3(CCN1CC1CC1)C2O5. The number of phenols is 1. The Balaban J connectivity index is 1.20. The molecule has 5 aliphatic carbocycles. The lowest BCUT2D eigenvalue weighted by atomic mass is 9.38. The quantitative estimate of drug-likeness (QED) is 0.551. The Bertz CT molecular complexity index is 1340. The predicted octanol–water partition coefficient (Wildman–Crippen LogP) is 3.89. The minimum Gasteiger partial charge on any atom is -0.504 e. The van der Waals surface area contributed by atoms with E-state index in [9.17, 15) is 9.90 Å². The minimum atomic E-state index is -0.784. The van der Waals surface area contributed by atoms with Crippen molar-refractivity contribution in [1.82, 2.24) is 10.2 Å². The first-order chi connectivity index (χ1) is 18.5. The fourth-order valence-corrected chi connectivity index (χ4v) is 9.11. The molecule has 2 aromatic carbocycles. The van der Waals surface area contributed by atoms with Gasteiger partial charge in [0, 0.05) is 37.1 Å². The summed E-state index contributed by atoms with van der Waals surface area (Å²) in [6.45, 7) is 2.20. The van der Waals surface area contributed by atoms with Gasteiger partial charge >= 0.3 is 0 Å². The summed E-state index contributed by atoms with van der Waals surface area (Å²) in [5.41, 5.74) is 2.48. The first kappa shape index (κ1) is 23.1. The van der Waals surface area contributed by atoms with Crippen molar-refractivity contribution in [3.63, 3.8) is 0 Å². The molecular weight excluding hydrogens is 476 g/mol. The number of amides is 1. The number of ether oxygens (including phenoxy) is 2. The number of hydrogen-bond donors (Lipinski definition) is 2. The maximum atomic E-state index is 13.4. The maximum Gasteiger partial charge on any atom is 0.220 e. The van der Waals surface area contributed by atoms with Crippen LogP contribution in [0, 0.1) is 11.3 Å². The lowest BCUT2D eigenvalue weighted by molar-refractivity contribution is -0.203. The fraction of sp³-hybridized carbons (Fsp3) is 0.531. The van der Waals surface area contributed by atoms with Crippen molar-refractivity contribution < 1.29 is 19.4 Å². The first-order valence-electron chi connectivity index (χ1n) is 14.4. The molecule has 2 heterocycles. The van der Waals surface area contributed by atoms with Gasteiger partial charge in [0.05, 0.1) is 11.5 Å². The van der Waals surface area contributed by atoms with Crippen molar-refractivity contribution in [2.75, 3.05) is 20.2 Å². The highest BCUT2D eigenvalue weighted by Gasteiger charge is 2.79. The number of phenolic OH excluding ortho intramolecular Hbond substituents is 1. The Kier molecular flexibility index (Phi) is 4.77. The van der Waals surface area contributed by atoms with Gasteiger partial charge < -0.3 is 19.9 Å². The molecule has 2 unspecified atom stereocenters. The highest BCUT2D eigenvalue weighted by Crippen LogP contribution is 2.73. The number of piperidine rings is 1. The van der Waals surface area contributed by atoms with Gasteiger partial charge in [-0.25, -0.2) is 0 Å². The Morgan fingerprint density at radius 3 is 2.82 bits per heavy atom. The van der Waals surface area contributed by atoms with Crippen molar-refractivity contribution in [3.8, 4) is 11.5 Å². The largest absolute Gasteiger partial charge is 0.504 e. The Morgan fingerprint density at radius 1 is 1.18 bits per heavy atom. The van der Waals surface area contributed by atoms with Gasteiger partial charge in [0.2, 0.25) is 5.91 Å². The molecule has 0 radical (unpaired) electrons. The zero-order valence-electron chi connectivity index (χ0n) is 22.0. The minimum absolute atomic E-state index is 0.0523. The van der Waals surface area contributed by atoms with Crippen LogP contribution in [0.2, 0.25) is 0 Å². The predicted molar refractivity (Wildman–Crippen MR) is 143 cm³/mol. The van der Waals surface area contributed by atoms with E-state index in [0.717, 1.165) is 38.3 Å². The molecule has 6 atom stereocenters. The highest BCUT2D eigenvalue weighted by molar-refractivity contribution is 5.77. The summed E-state index contributed by atoms with van der Waals surface area (Å²) in [7, 11) is 1.75. The van der Waals surface area contributed by atoms with Gasteiger partial charge in [-0.3, -0.25) is 9.69 Å². The molecule has 4 bridgehead atoms. The number of nitrogens with one attached hydrogen (secondary N) is 1. The van der Waals surface area contributed by atoms with E-state index in [1.54, 1.807) is 13.2 Å². The summed E-state index contributed by atoms with van der Waals surface area (Å²) in [4.78, 5) is 16.1. The first-order valence-corrected chi connectivity index (χ1v) is 14.4. The molecule has 2 aromatic rings. The lowest BCUT2D eigenvalue weighted by Gasteiger charge is -2.71. The van der Waals surface area contributed by atoms with E-state index >= 15 is 0 Å². The standard InChI is InChI=1S/C32H36N2O4/c1-37-32-14-13-30(18-24(32)33-26(36)12-9-20-5-3-2-4-6-20)25-17-22-10-11-23(35)28-27(22)31(30,29(32)38-28)15-16-34(25)19-21-7-8-21/h2-6,10-11,13-14,21,24-25,29,35H,7-9,12,15-19H2,1H3,(H,33,36)/t24?,25-,29?,30-,31+,32-/m1/s1. The number of likely N-dealkylation sites (tertiary alicyclic amines) is 1. The third-order valence-corrected chi connectivity index (χ3v) is 10.9. The molecule has 6 nitrogen and oxygen atoms in total. The molecule has 3 fully saturated rings. The van der Waals surface area contributed by atoms with E-state index in [0.29, 0.717) is 24.6 Å². The van der Waals surface area contributed by atoms with Crippen molar-refractivity contribution >= 4 is 5.91 Å². The molecule has 1 amide bonds. The Labute approximate surface area is 224 Å². The van der Waals surface area contributed by atoms with E-state index in [1.807, 2.05) is 18.2 Å². The van der Waals surface area contributed by atoms with Crippen LogP contribution in [0.1, 0.15) is 48.8 Å². The second kappa shape index (κ2) is 7.86. The molecule has 2 N–H and O–H groups in total. The summed E-state index contributed by atoms with van der Waals surface area (Å²) in [5.74, 6) is 1.73. The van der Waals surface area contributed by atoms with Gasteiger partial charge in [-0.05, 0) is 68.2 Å². The van der Waals surface area contributed by atoms with Gasteiger partial charge in [0.25, 0.3) is 0 Å². The number of benzene rings is 2. The maximum absolute atomic E-state index is 13.4. The molecule has 198 valence electrons. The molecule has 0 aromatic heterocycles. The second-order valence-electron chi connectivity index (χ2n) is 12.6. The molecule has 2 spiro atoms. The zero-order valence-corrected chi connectivity index (χ0v) is 22.0. The average Bonchev–Trinajstić information content (AvgIpc) is 3.68. The van der Waals surface area contributed by atoms with E-state index in [-0.39, 0.29) is 34.6 Å². The van der Waals surface area contributed by atoms with Gasteiger partial charge in [-0.2, -0.15) is 0 Å². The second-order valence-corrected chi connectivity index (χ2v) is 12.6. The molecule has 7 aliphatic rings. The van der Waals surface area contributed by atoms with Crippen LogP contribution in [0.15, 0.2) is 54.6 Å². The van der Waals surface area contributed by atoms with E-state index < -0.39 is 5.60 Å². The van der Waals surface area contributed by atoms with Crippen LogP contribution in [0.4, 0.5) is 0 Å². The van der Waals surface area contributed by atoms with Crippen LogP contribution >= 0.6 is 0 Å². The fourth-order valence-electron chi connectivity index (χ4n) is 9.11. The summed E-state index contributed by atoms with van der Waals surface area (Å²) < 4.78 is 13.2. The highest BCUT2D eigenvalue weighted by atomic mass is 16.6. The van der Waals surface area contributed by atoms with Crippen molar-refractivity contribution in [2.24, 2.45) is 11.3 Å². The van der Waals surface area contributed by atoms with Gasteiger partial charge in [-0.1, -0.05) is 48.6 Å². The normalized spacial score (nSPS) is 37.6. The molecule has 1 saturated heterocycles. The topological polar surface area (TPSA) is 71.0 Å². The summed E-state index contributed by atoms with van der Waals surface area (Å²) in [6.07, 6.45) is 11.0. The van der Waals surface area contributed by atoms with Crippen molar-refractivity contribution in [2.45, 2.75) is 74.1 Å². The number of carbonyl (C=O) groups is 1. The number of rotatable bonds is 7. The van der Waals surface area contributed by atoms with Gasteiger partial charge in [0.1, 0.15) is 11.7 Å². The molecular formula is C32H36N2O4. The number of carbonyl (C=O) groups excluding carboxylic acids is 1.